The molecule has 0 bridgehead atoms. The highest BCUT2D eigenvalue weighted by atomic mass is 19.1. The third kappa shape index (κ3) is 2.31. The third-order valence-electron chi connectivity index (χ3n) is 4.39. The van der Waals surface area contributed by atoms with E-state index in [1.165, 1.54) is 19.2 Å². The lowest BCUT2D eigenvalue weighted by molar-refractivity contribution is 0.211. The number of aromatic nitrogens is 2. The van der Waals surface area contributed by atoms with Gasteiger partial charge in [0.25, 0.3) is 0 Å². The SMILES string of the molecule is CO/N=C1/c2c(F)cccc2C(c2cnc3c(F)cccn23)=NC1(C)C. The van der Waals surface area contributed by atoms with Crippen LogP contribution in [0.4, 0.5) is 8.78 Å². The first kappa shape index (κ1) is 16.4. The molecule has 3 aromatic rings. The fourth-order valence-corrected chi connectivity index (χ4v) is 3.26. The van der Waals surface area contributed by atoms with E-state index in [1.807, 2.05) is 13.8 Å². The Hall–Kier alpha value is -3.09. The van der Waals surface area contributed by atoms with Crippen LogP contribution in [0.5, 0.6) is 0 Å². The molecule has 26 heavy (non-hydrogen) atoms. The van der Waals surface area contributed by atoms with Crippen molar-refractivity contribution < 1.29 is 13.6 Å². The summed E-state index contributed by atoms with van der Waals surface area (Å²) in [4.78, 5) is 13.9. The molecule has 0 saturated heterocycles. The summed E-state index contributed by atoms with van der Waals surface area (Å²) in [6, 6.07) is 7.67. The zero-order chi connectivity index (χ0) is 18.5. The molecular weight excluding hydrogens is 338 g/mol. The number of nitrogens with zero attached hydrogens (tertiary/aromatic N) is 4. The summed E-state index contributed by atoms with van der Waals surface area (Å²) in [7, 11) is 1.41. The van der Waals surface area contributed by atoms with Crippen molar-refractivity contribution in [3.8, 4) is 0 Å². The number of fused-ring (bicyclic) bond motifs is 2. The maximum Gasteiger partial charge on any atom is 0.173 e. The van der Waals surface area contributed by atoms with Crippen LogP contribution in [-0.2, 0) is 4.84 Å². The van der Waals surface area contributed by atoms with Gasteiger partial charge in [-0.05, 0) is 32.0 Å². The minimum Gasteiger partial charge on any atom is -0.399 e. The maximum absolute atomic E-state index is 14.7. The smallest absolute Gasteiger partial charge is 0.173 e. The lowest BCUT2D eigenvalue weighted by atomic mass is 9.84. The van der Waals surface area contributed by atoms with E-state index in [0.717, 1.165) is 0 Å². The summed E-state index contributed by atoms with van der Waals surface area (Å²) in [6.45, 7) is 3.65. The number of pyridine rings is 1. The van der Waals surface area contributed by atoms with E-state index >= 15 is 0 Å². The first-order chi connectivity index (χ1) is 12.4. The van der Waals surface area contributed by atoms with Gasteiger partial charge < -0.3 is 4.84 Å². The molecule has 0 amide bonds. The van der Waals surface area contributed by atoms with Gasteiger partial charge in [-0.15, -0.1) is 0 Å². The summed E-state index contributed by atoms with van der Waals surface area (Å²) in [6.07, 6.45) is 3.24. The number of aliphatic imine (C=N–C) groups is 1. The van der Waals surface area contributed by atoms with Crippen LogP contribution in [0.15, 0.2) is 52.9 Å². The van der Waals surface area contributed by atoms with Crippen LogP contribution in [0.25, 0.3) is 5.65 Å². The van der Waals surface area contributed by atoms with Gasteiger partial charge in [-0.2, -0.15) is 0 Å². The highest BCUT2D eigenvalue weighted by Gasteiger charge is 2.37. The molecule has 3 heterocycles. The number of imidazole rings is 1. The summed E-state index contributed by atoms with van der Waals surface area (Å²) < 4.78 is 30.3. The van der Waals surface area contributed by atoms with Crippen molar-refractivity contribution in [2.45, 2.75) is 19.4 Å². The van der Waals surface area contributed by atoms with E-state index < -0.39 is 17.2 Å². The Morgan fingerprint density at radius 2 is 1.88 bits per heavy atom. The van der Waals surface area contributed by atoms with E-state index in [9.17, 15) is 8.78 Å². The van der Waals surface area contributed by atoms with Crippen molar-refractivity contribution in [1.29, 1.82) is 0 Å². The Bertz CT molecular complexity index is 1080. The minimum absolute atomic E-state index is 0.192. The van der Waals surface area contributed by atoms with Gasteiger partial charge in [0.1, 0.15) is 24.2 Å². The largest absolute Gasteiger partial charge is 0.399 e. The third-order valence-corrected chi connectivity index (χ3v) is 4.39. The zero-order valence-corrected chi connectivity index (χ0v) is 14.5. The molecule has 5 nitrogen and oxygen atoms in total. The topological polar surface area (TPSA) is 51.2 Å². The maximum atomic E-state index is 14.7. The van der Waals surface area contributed by atoms with Crippen molar-refractivity contribution in [1.82, 2.24) is 9.38 Å². The second-order valence-corrected chi connectivity index (χ2v) is 6.50. The molecule has 2 aromatic heterocycles. The van der Waals surface area contributed by atoms with E-state index in [4.69, 9.17) is 9.83 Å². The molecule has 7 heteroatoms. The van der Waals surface area contributed by atoms with Crippen molar-refractivity contribution in [2.24, 2.45) is 10.1 Å². The second kappa shape index (κ2) is 5.72. The number of benzene rings is 1. The van der Waals surface area contributed by atoms with Gasteiger partial charge in [0.15, 0.2) is 11.5 Å². The molecule has 0 atom stereocenters. The molecule has 0 spiro atoms. The normalized spacial score (nSPS) is 17.3. The standard InChI is InChI=1S/C19H16F2N4O/c1-19(2)17(24-26-3)15-11(6-4-7-12(15)20)16(23-19)14-10-22-18-13(21)8-5-9-25(14)18/h4-10H,1-3H3/b24-17-. The lowest BCUT2D eigenvalue weighted by Crippen LogP contribution is -2.38. The Labute approximate surface area is 148 Å². The Morgan fingerprint density at radius 3 is 2.65 bits per heavy atom. The van der Waals surface area contributed by atoms with Crippen molar-refractivity contribution in [3.05, 3.63) is 71.2 Å². The van der Waals surface area contributed by atoms with E-state index in [0.29, 0.717) is 28.2 Å². The molecule has 4 rings (SSSR count). The highest BCUT2D eigenvalue weighted by Crippen LogP contribution is 2.32. The van der Waals surface area contributed by atoms with Crippen LogP contribution in [0.3, 0.4) is 0 Å². The Balaban J connectivity index is 2.05. The average molecular weight is 354 g/mol. The Morgan fingerprint density at radius 1 is 1.12 bits per heavy atom. The van der Waals surface area contributed by atoms with Crippen molar-refractivity contribution in [3.63, 3.8) is 0 Å². The highest BCUT2D eigenvalue weighted by molar-refractivity contribution is 6.24. The van der Waals surface area contributed by atoms with Gasteiger partial charge in [0.2, 0.25) is 0 Å². The van der Waals surface area contributed by atoms with Gasteiger partial charge in [-0.25, -0.2) is 13.8 Å². The zero-order valence-electron chi connectivity index (χ0n) is 14.5. The van der Waals surface area contributed by atoms with Crippen LogP contribution in [0.1, 0.15) is 30.7 Å². The van der Waals surface area contributed by atoms with Crippen molar-refractivity contribution in [2.75, 3.05) is 7.11 Å². The molecule has 1 aliphatic heterocycles. The van der Waals surface area contributed by atoms with Gasteiger partial charge >= 0.3 is 0 Å². The van der Waals surface area contributed by atoms with Gasteiger partial charge in [-0.3, -0.25) is 9.39 Å². The van der Waals surface area contributed by atoms with Crippen LogP contribution in [0, 0.1) is 11.6 Å². The first-order valence-electron chi connectivity index (χ1n) is 8.06. The number of hydrogen-bond donors (Lipinski definition) is 0. The Kier molecular flexibility index (Phi) is 3.61. The molecule has 0 unspecified atom stereocenters. The number of halogens is 2. The van der Waals surface area contributed by atoms with Crippen LogP contribution in [-0.4, -0.2) is 33.5 Å². The summed E-state index contributed by atoms with van der Waals surface area (Å²) >= 11 is 0. The van der Waals surface area contributed by atoms with E-state index in [-0.39, 0.29) is 5.65 Å². The van der Waals surface area contributed by atoms with Crippen LogP contribution < -0.4 is 0 Å². The quantitative estimate of drug-likeness (QED) is 0.661. The predicted molar refractivity (Wildman–Crippen MR) is 94.8 cm³/mol. The predicted octanol–water partition coefficient (Wildman–Crippen LogP) is 3.59. The molecule has 132 valence electrons. The minimum atomic E-state index is -0.835. The molecule has 0 N–H and O–H groups in total. The molecule has 0 fully saturated rings. The van der Waals surface area contributed by atoms with Crippen molar-refractivity contribution >= 4 is 17.1 Å². The summed E-state index contributed by atoms with van der Waals surface area (Å²) in [5.74, 6) is -0.853. The fraction of sp³-hybridized carbons (Fsp3) is 0.211. The van der Waals surface area contributed by atoms with E-state index in [1.54, 1.807) is 35.0 Å². The molecule has 1 aliphatic rings. The van der Waals surface area contributed by atoms with Gasteiger partial charge in [0, 0.05) is 17.3 Å². The number of hydrogen-bond acceptors (Lipinski definition) is 4. The molecule has 0 radical (unpaired) electrons. The molecule has 0 aliphatic carbocycles. The van der Waals surface area contributed by atoms with Crippen LogP contribution >= 0.6 is 0 Å². The number of oxime groups is 1. The van der Waals surface area contributed by atoms with E-state index in [2.05, 4.69) is 10.1 Å². The summed E-state index contributed by atoms with van der Waals surface area (Å²) in [5, 5.41) is 4.02. The molecule has 0 saturated carbocycles. The second-order valence-electron chi connectivity index (χ2n) is 6.50. The van der Waals surface area contributed by atoms with Gasteiger partial charge in [-0.1, -0.05) is 17.3 Å². The monoisotopic (exact) mass is 354 g/mol. The van der Waals surface area contributed by atoms with Crippen LogP contribution in [0.2, 0.25) is 0 Å². The first-order valence-corrected chi connectivity index (χ1v) is 8.06. The lowest BCUT2D eigenvalue weighted by Gasteiger charge is -2.30. The fourth-order valence-electron chi connectivity index (χ4n) is 3.26. The number of rotatable bonds is 2. The molecule has 1 aromatic carbocycles. The summed E-state index contributed by atoms with van der Waals surface area (Å²) in [5.41, 5.74) is 1.75. The average Bonchev–Trinajstić information content (AvgIpc) is 3.03. The molecular formula is C19H16F2N4O. The van der Waals surface area contributed by atoms with Gasteiger partial charge in [0.05, 0.1) is 17.6 Å².